The number of carbonyl (C=O) groups excluding carboxylic acids is 2. The molecule has 8 heteroatoms. The van der Waals surface area contributed by atoms with Gasteiger partial charge in [-0.05, 0) is 31.4 Å². The minimum absolute atomic E-state index is 0.0289. The van der Waals surface area contributed by atoms with Gasteiger partial charge < -0.3 is 15.7 Å². The second-order valence-electron chi connectivity index (χ2n) is 6.20. The highest BCUT2D eigenvalue weighted by atomic mass is 35.5. The molecule has 3 N–H and O–H groups in total. The van der Waals surface area contributed by atoms with Crippen molar-refractivity contribution in [3.05, 3.63) is 34.6 Å². The number of rotatable bonds is 8. The molecule has 1 aliphatic heterocycles. The van der Waals surface area contributed by atoms with Crippen molar-refractivity contribution >= 4 is 29.4 Å². The Kier molecular flexibility index (Phi) is 6.36. The highest BCUT2D eigenvalue weighted by Crippen LogP contribution is 2.30. The smallest absolute Gasteiger partial charge is 0.303 e. The van der Waals surface area contributed by atoms with Gasteiger partial charge in [0.15, 0.2) is 0 Å². The molecule has 0 saturated carbocycles. The molecule has 0 radical (unpaired) electrons. The van der Waals surface area contributed by atoms with E-state index < -0.39 is 17.3 Å². The largest absolute Gasteiger partial charge is 0.481 e. The van der Waals surface area contributed by atoms with E-state index in [2.05, 4.69) is 10.6 Å². The third kappa shape index (κ3) is 5.42. The van der Waals surface area contributed by atoms with E-state index in [0.717, 1.165) is 0 Å². The SMILES string of the molecule is O=C(O)CC[C@]1(CCC(=O)NCc2c(F)cccc2Cl)CCC(=O)N1. The van der Waals surface area contributed by atoms with Crippen molar-refractivity contribution in [2.24, 2.45) is 0 Å². The number of carboxylic acid groups (broad SMARTS) is 1. The maximum Gasteiger partial charge on any atom is 0.303 e. The minimum Gasteiger partial charge on any atom is -0.481 e. The summed E-state index contributed by atoms with van der Waals surface area (Å²) in [4.78, 5) is 34.4. The van der Waals surface area contributed by atoms with Gasteiger partial charge in [0.1, 0.15) is 5.82 Å². The van der Waals surface area contributed by atoms with Crippen LogP contribution in [0.25, 0.3) is 0 Å². The summed E-state index contributed by atoms with van der Waals surface area (Å²) in [6.07, 6.45) is 1.47. The number of nitrogens with one attached hydrogen (secondary N) is 2. The lowest BCUT2D eigenvalue weighted by atomic mass is 9.86. The Morgan fingerprint density at radius 2 is 2.04 bits per heavy atom. The van der Waals surface area contributed by atoms with Crippen LogP contribution in [0.2, 0.25) is 5.02 Å². The monoisotopic (exact) mass is 370 g/mol. The molecule has 6 nitrogen and oxygen atoms in total. The molecule has 1 aliphatic rings. The van der Waals surface area contributed by atoms with Crippen LogP contribution in [0.5, 0.6) is 0 Å². The van der Waals surface area contributed by atoms with E-state index in [0.29, 0.717) is 19.3 Å². The van der Waals surface area contributed by atoms with Crippen LogP contribution in [0.3, 0.4) is 0 Å². The normalized spacial score (nSPS) is 19.5. The fourth-order valence-electron chi connectivity index (χ4n) is 2.95. The molecule has 1 atom stereocenters. The van der Waals surface area contributed by atoms with E-state index in [-0.39, 0.29) is 48.2 Å². The van der Waals surface area contributed by atoms with Gasteiger partial charge in [-0.2, -0.15) is 0 Å². The molecule has 0 bridgehead atoms. The van der Waals surface area contributed by atoms with Crippen LogP contribution in [-0.2, 0) is 20.9 Å². The molecule has 0 unspecified atom stereocenters. The van der Waals surface area contributed by atoms with Crippen molar-refractivity contribution in [3.63, 3.8) is 0 Å². The molecule has 0 aromatic heterocycles. The average molecular weight is 371 g/mol. The van der Waals surface area contributed by atoms with Crippen LogP contribution in [0.4, 0.5) is 4.39 Å². The second-order valence-corrected chi connectivity index (χ2v) is 6.61. The van der Waals surface area contributed by atoms with Crippen LogP contribution in [0.1, 0.15) is 44.1 Å². The van der Waals surface area contributed by atoms with E-state index in [4.69, 9.17) is 16.7 Å². The van der Waals surface area contributed by atoms with E-state index in [1.165, 1.54) is 12.1 Å². The predicted molar refractivity (Wildman–Crippen MR) is 89.5 cm³/mol. The van der Waals surface area contributed by atoms with Crippen molar-refractivity contribution in [1.82, 2.24) is 10.6 Å². The molecule has 25 heavy (non-hydrogen) atoms. The van der Waals surface area contributed by atoms with Crippen LogP contribution >= 0.6 is 11.6 Å². The first-order chi connectivity index (χ1) is 11.8. The van der Waals surface area contributed by atoms with Crippen molar-refractivity contribution in [2.45, 2.75) is 50.6 Å². The Labute approximate surface area is 149 Å². The molecular formula is C17H20ClFN2O4. The van der Waals surface area contributed by atoms with E-state index >= 15 is 0 Å². The molecule has 0 spiro atoms. The quantitative estimate of drug-likeness (QED) is 0.654. The standard InChI is InChI=1S/C17H20ClFN2O4/c18-12-2-1-3-13(19)11(12)10-20-14(22)4-7-17(9-6-16(24)25)8-5-15(23)21-17/h1-3H,4-10H2,(H,20,22)(H,21,23)(H,24,25)/t17-/m0/s1. The summed E-state index contributed by atoms with van der Waals surface area (Å²) in [6, 6.07) is 4.29. The number of halogens is 2. The summed E-state index contributed by atoms with van der Waals surface area (Å²) in [5.41, 5.74) is -0.449. The Hall–Kier alpha value is -2.15. The zero-order valence-electron chi connectivity index (χ0n) is 13.6. The molecule has 1 saturated heterocycles. The average Bonchev–Trinajstić information content (AvgIpc) is 2.92. The van der Waals surface area contributed by atoms with Crippen molar-refractivity contribution < 1.29 is 23.9 Å². The molecule has 136 valence electrons. The van der Waals surface area contributed by atoms with Crippen molar-refractivity contribution in [1.29, 1.82) is 0 Å². The Bertz CT molecular complexity index is 662. The summed E-state index contributed by atoms with van der Waals surface area (Å²) in [5.74, 6) is -1.88. The molecule has 0 aliphatic carbocycles. The maximum absolute atomic E-state index is 13.7. The second kappa shape index (κ2) is 8.29. The van der Waals surface area contributed by atoms with Gasteiger partial charge in [0.25, 0.3) is 0 Å². The molecule has 1 fully saturated rings. The van der Waals surface area contributed by atoms with E-state index in [1.54, 1.807) is 6.07 Å². The third-order valence-electron chi connectivity index (χ3n) is 4.41. The lowest BCUT2D eigenvalue weighted by Gasteiger charge is -2.28. The fourth-order valence-corrected chi connectivity index (χ4v) is 3.18. The summed E-state index contributed by atoms with van der Waals surface area (Å²) in [7, 11) is 0. The van der Waals surface area contributed by atoms with Gasteiger partial charge in [0.2, 0.25) is 11.8 Å². The van der Waals surface area contributed by atoms with Crippen molar-refractivity contribution in [2.75, 3.05) is 0 Å². The van der Waals surface area contributed by atoms with Gasteiger partial charge in [-0.15, -0.1) is 0 Å². The third-order valence-corrected chi connectivity index (χ3v) is 4.76. The van der Waals surface area contributed by atoms with Crippen LogP contribution in [0, 0.1) is 5.82 Å². The summed E-state index contributed by atoms with van der Waals surface area (Å²) >= 11 is 5.91. The van der Waals surface area contributed by atoms with Crippen LogP contribution < -0.4 is 10.6 Å². The summed E-state index contributed by atoms with van der Waals surface area (Å²) < 4.78 is 13.7. The van der Waals surface area contributed by atoms with Crippen molar-refractivity contribution in [3.8, 4) is 0 Å². The number of aliphatic carboxylic acids is 1. The number of carbonyl (C=O) groups is 3. The zero-order valence-corrected chi connectivity index (χ0v) is 14.4. The molecule has 1 heterocycles. The van der Waals surface area contributed by atoms with Gasteiger partial charge in [0, 0.05) is 41.9 Å². The molecule has 2 rings (SSSR count). The van der Waals surface area contributed by atoms with E-state index in [9.17, 15) is 18.8 Å². The first-order valence-electron chi connectivity index (χ1n) is 8.04. The van der Waals surface area contributed by atoms with Gasteiger partial charge in [-0.25, -0.2) is 4.39 Å². The maximum atomic E-state index is 13.7. The van der Waals surface area contributed by atoms with Crippen LogP contribution in [-0.4, -0.2) is 28.4 Å². The zero-order chi connectivity index (χ0) is 18.4. The molecular weight excluding hydrogens is 351 g/mol. The predicted octanol–water partition coefficient (Wildman–Crippen LogP) is 2.39. The van der Waals surface area contributed by atoms with E-state index in [1.807, 2.05) is 0 Å². The van der Waals surface area contributed by atoms with Gasteiger partial charge in [-0.1, -0.05) is 17.7 Å². The lowest BCUT2D eigenvalue weighted by molar-refractivity contribution is -0.137. The molecule has 1 aromatic carbocycles. The number of hydrogen-bond acceptors (Lipinski definition) is 3. The highest BCUT2D eigenvalue weighted by molar-refractivity contribution is 6.31. The minimum atomic E-state index is -0.945. The number of benzene rings is 1. The fraction of sp³-hybridized carbons (Fsp3) is 0.471. The van der Waals surface area contributed by atoms with Crippen LogP contribution in [0.15, 0.2) is 18.2 Å². The molecule has 2 amide bonds. The number of carboxylic acids is 1. The number of hydrogen-bond donors (Lipinski definition) is 3. The lowest BCUT2D eigenvalue weighted by Crippen LogP contribution is -2.43. The topological polar surface area (TPSA) is 95.5 Å². The Morgan fingerprint density at radius 3 is 2.64 bits per heavy atom. The summed E-state index contributed by atoms with van der Waals surface area (Å²) in [6.45, 7) is -0.0289. The first kappa shape index (κ1) is 19.2. The number of amides is 2. The summed E-state index contributed by atoms with van der Waals surface area (Å²) in [5, 5.41) is 14.5. The first-order valence-corrected chi connectivity index (χ1v) is 8.41. The molecule has 1 aromatic rings. The Balaban J connectivity index is 1.88. The Morgan fingerprint density at radius 1 is 1.32 bits per heavy atom. The van der Waals surface area contributed by atoms with Gasteiger partial charge >= 0.3 is 5.97 Å². The van der Waals surface area contributed by atoms with Gasteiger partial charge in [-0.3, -0.25) is 14.4 Å². The highest BCUT2D eigenvalue weighted by Gasteiger charge is 2.37. The van der Waals surface area contributed by atoms with Gasteiger partial charge in [0.05, 0.1) is 0 Å².